The van der Waals surface area contributed by atoms with Crippen LogP contribution in [0.3, 0.4) is 0 Å². The van der Waals surface area contributed by atoms with Crippen molar-refractivity contribution in [2.45, 2.75) is 13.0 Å². The number of anilines is 3. The number of nitrogen functional groups attached to an aromatic ring is 2. The summed E-state index contributed by atoms with van der Waals surface area (Å²) in [5.74, 6) is 0.524. The van der Waals surface area contributed by atoms with Crippen LogP contribution in [-0.2, 0) is 0 Å². The van der Waals surface area contributed by atoms with Crippen molar-refractivity contribution in [3.8, 4) is 11.8 Å². The number of benzene rings is 1. The van der Waals surface area contributed by atoms with E-state index in [0.717, 1.165) is 6.20 Å². The summed E-state index contributed by atoms with van der Waals surface area (Å²) in [5.41, 5.74) is 13.9. The fraction of sp³-hybridized carbons (Fsp3) is 0.105. The molecular formula is C19H16FN9. The molecule has 3 heterocycles. The number of para-hydroxylation sites is 1. The number of rotatable bonds is 4. The molecule has 0 amide bonds. The Bertz CT molecular complexity index is 1260. The van der Waals surface area contributed by atoms with E-state index in [0.29, 0.717) is 33.9 Å². The number of nitrogens with zero attached hydrogens (tertiary/aromatic N) is 6. The third kappa shape index (κ3) is 3.14. The standard InChI is InChI=1S/C19H16FN9/c1-10(27-18-15(22)17(23)25-9-26-18)19-28-14-4-2-3-11(6-21)16(14)29(19)13-5-12(20)7-24-8-13/h2-5,7-10H,22H2,1H3,(H3,23,25,26,27)/t10-/m1/s1. The topological polar surface area (TPSA) is 144 Å². The van der Waals surface area contributed by atoms with Gasteiger partial charge in [-0.15, -0.1) is 0 Å². The van der Waals surface area contributed by atoms with Crippen LogP contribution in [0.5, 0.6) is 0 Å². The Labute approximate surface area is 164 Å². The summed E-state index contributed by atoms with van der Waals surface area (Å²) >= 11 is 0. The van der Waals surface area contributed by atoms with Crippen LogP contribution < -0.4 is 16.8 Å². The molecule has 0 saturated carbocycles. The smallest absolute Gasteiger partial charge is 0.155 e. The van der Waals surface area contributed by atoms with Crippen molar-refractivity contribution in [3.63, 3.8) is 0 Å². The van der Waals surface area contributed by atoms with Crippen LogP contribution in [0.15, 0.2) is 43.0 Å². The van der Waals surface area contributed by atoms with Crippen molar-refractivity contribution in [1.82, 2.24) is 24.5 Å². The van der Waals surface area contributed by atoms with E-state index < -0.39 is 11.9 Å². The van der Waals surface area contributed by atoms with Crippen molar-refractivity contribution < 1.29 is 4.39 Å². The zero-order valence-electron chi connectivity index (χ0n) is 15.3. The minimum absolute atomic E-state index is 0.157. The van der Waals surface area contributed by atoms with E-state index >= 15 is 0 Å². The lowest BCUT2D eigenvalue weighted by atomic mass is 10.2. The maximum atomic E-state index is 13.9. The molecule has 144 valence electrons. The maximum absolute atomic E-state index is 13.9. The lowest BCUT2D eigenvalue weighted by molar-refractivity contribution is 0.619. The Kier molecular flexibility index (Phi) is 4.40. The van der Waals surface area contributed by atoms with Gasteiger partial charge in [-0.1, -0.05) is 6.07 Å². The molecule has 0 spiro atoms. The van der Waals surface area contributed by atoms with E-state index in [1.54, 1.807) is 22.8 Å². The fourth-order valence-corrected chi connectivity index (χ4v) is 3.10. The lowest BCUT2D eigenvalue weighted by Gasteiger charge is -2.18. The number of hydrogen-bond acceptors (Lipinski definition) is 8. The largest absolute Gasteiger partial charge is 0.393 e. The Morgan fingerprint density at radius 1 is 1.24 bits per heavy atom. The SMILES string of the molecule is C[C@@H](Nc1ncnc(N)c1N)c1nc2cccc(C#N)c2n1-c1cncc(F)c1. The minimum atomic E-state index is -0.502. The average molecular weight is 389 g/mol. The first-order valence-electron chi connectivity index (χ1n) is 8.64. The van der Waals surface area contributed by atoms with Crippen LogP contribution >= 0.6 is 0 Å². The van der Waals surface area contributed by atoms with Gasteiger partial charge >= 0.3 is 0 Å². The summed E-state index contributed by atoms with van der Waals surface area (Å²) in [7, 11) is 0. The highest BCUT2D eigenvalue weighted by Crippen LogP contribution is 2.30. The molecule has 4 rings (SSSR count). The number of nitrogens with one attached hydrogen (secondary N) is 1. The van der Waals surface area contributed by atoms with Gasteiger partial charge in [-0.25, -0.2) is 19.3 Å². The lowest BCUT2D eigenvalue weighted by Crippen LogP contribution is -2.16. The second-order valence-electron chi connectivity index (χ2n) is 6.34. The van der Waals surface area contributed by atoms with Crippen molar-refractivity contribution in [1.29, 1.82) is 5.26 Å². The van der Waals surface area contributed by atoms with Crippen LogP contribution in [0.2, 0.25) is 0 Å². The molecule has 0 aliphatic carbocycles. The first-order valence-corrected chi connectivity index (χ1v) is 8.64. The monoisotopic (exact) mass is 389 g/mol. The number of nitriles is 1. The third-order valence-corrected chi connectivity index (χ3v) is 4.43. The van der Waals surface area contributed by atoms with Crippen LogP contribution in [0.25, 0.3) is 16.7 Å². The van der Waals surface area contributed by atoms with Gasteiger partial charge in [-0.2, -0.15) is 5.26 Å². The molecule has 4 aromatic rings. The number of pyridine rings is 1. The molecular weight excluding hydrogens is 373 g/mol. The Balaban J connectivity index is 1.91. The Morgan fingerprint density at radius 3 is 2.83 bits per heavy atom. The summed E-state index contributed by atoms with van der Waals surface area (Å²) in [4.78, 5) is 16.6. The molecule has 0 radical (unpaired) electrons. The highest BCUT2D eigenvalue weighted by Gasteiger charge is 2.22. The van der Waals surface area contributed by atoms with Gasteiger partial charge in [0.25, 0.3) is 0 Å². The summed E-state index contributed by atoms with van der Waals surface area (Å²) in [6.07, 6.45) is 3.92. The molecule has 0 bridgehead atoms. The number of halogens is 1. The molecule has 10 heteroatoms. The quantitative estimate of drug-likeness (QED) is 0.483. The van der Waals surface area contributed by atoms with E-state index in [1.165, 1.54) is 18.6 Å². The minimum Gasteiger partial charge on any atom is -0.393 e. The van der Waals surface area contributed by atoms with E-state index in [1.807, 2.05) is 6.92 Å². The number of nitrogens with two attached hydrogens (primary N) is 2. The van der Waals surface area contributed by atoms with Crippen LogP contribution in [0.4, 0.5) is 21.7 Å². The second-order valence-corrected chi connectivity index (χ2v) is 6.34. The van der Waals surface area contributed by atoms with Gasteiger partial charge in [0.05, 0.1) is 40.7 Å². The molecule has 5 N–H and O–H groups in total. The molecule has 0 saturated heterocycles. The van der Waals surface area contributed by atoms with E-state index in [9.17, 15) is 9.65 Å². The van der Waals surface area contributed by atoms with Crippen molar-refractivity contribution >= 4 is 28.4 Å². The van der Waals surface area contributed by atoms with Gasteiger partial charge in [0.1, 0.15) is 29.7 Å². The number of aromatic nitrogens is 5. The molecule has 3 aromatic heterocycles. The molecule has 1 atom stereocenters. The van der Waals surface area contributed by atoms with Crippen molar-refractivity contribution in [3.05, 3.63) is 60.2 Å². The number of imidazole rings is 1. The van der Waals surface area contributed by atoms with Gasteiger partial charge in [0.15, 0.2) is 11.6 Å². The molecule has 29 heavy (non-hydrogen) atoms. The highest BCUT2D eigenvalue weighted by atomic mass is 19.1. The summed E-state index contributed by atoms with van der Waals surface area (Å²) in [6, 6.07) is 8.27. The summed E-state index contributed by atoms with van der Waals surface area (Å²) < 4.78 is 15.6. The highest BCUT2D eigenvalue weighted by molar-refractivity contribution is 5.84. The predicted octanol–water partition coefficient (Wildman–Crippen LogP) is 2.56. The Hall–Kier alpha value is -4.26. The van der Waals surface area contributed by atoms with Crippen LogP contribution in [-0.4, -0.2) is 24.5 Å². The van der Waals surface area contributed by atoms with Gasteiger partial charge < -0.3 is 16.8 Å². The van der Waals surface area contributed by atoms with Crippen molar-refractivity contribution in [2.24, 2.45) is 0 Å². The van der Waals surface area contributed by atoms with Gasteiger partial charge in [0.2, 0.25) is 0 Å². The maximum Gasteiger partial charge on any atom is 0.155 e. The molecule has 0 aliphatic heterocycles. The number of hydrogen-bond donors (Lipinski definition) is 3. The van der Waals surface area contributed by atoms with Gasteiger partial charge in [-0.05, 0) is 19.1 Å². The van der Waals surface area contributed by atoms with E-state index in [-0.39, 0.29) is 11.5 Å². The fourth-order valence-electron chi connectivity index (χ4n) is 3.10. The molecule has 0 aliphatic rings. The van der Waals surface area contributed by atoms with E-state index in [4.69, 9.17) is 11.5 Å². The summed E-state index contributed by atoms with van der Waals surface area (Å²) in [5, 5.41) is 12.7. The molecule has 0 fully saturated rings. The zero-order valence-corrected chi connectivity index (χ0v) is 15.3. The predicted molar refractivity (Wildman–Crippen MR) is 106 cm³/mol. The van der Waals surface area contributed by atoms with Gasteiger partial charge in [-0.3, -0.25) is 9.55 Å². The first kappa shape index (κ1) is 18.1. The Morgan fingerprint density at radius 2 is 2.07 bits per heavy atom. The first-order chi connectivity index (χ1) is 14.0. The average Bonchev–Trinajstić information content (AvgIpc) is 3.11. The molecule has 9 nitrogen and oxygen atoms in total. The third-order valence-electron chi connectivity index (χ3n) is 4.43. The normalized spacial score (nSPS) is 11.9. The van der Waals surface area contributed by atoms with Crippen LogP contribution in [0.1, 0.15) is 24.4 Å². The zero-order chi connectivity index (χ0) is 20.5. The number of fused-ring (bicyclic) bond motifs is 1. The van der Waals surface area contributed by atoms with E-state index in [2.05, 4.69) is 31.3 Å². The molecule has 0 unspecified atom stereocenters. The second kappa shape index (κ2) is 7.05. The van der Waals surface area contributed by atoms with Crippen molar-refractivity contribution in [2.75, 3.05) is 16.8 Å². The summed E-state index contributed by atoms with van der Waals surface area (Å²) in [6.45, 7) is 1.84. The van der Waals surface area contributed by atoms with Crippen LogP contribution in [0, 0.1) is 17.1 Å². The molecule has 1 aromatic carbocycles. The van der Waals surface area contributed by atoms with Gasteiger partial charge in [0, 0.05) is 6.07 Å².